The Kier molecular flexibility index (Phi) is 3.09. The number of nitrogens with zero attached hydrogens (tertiary/aromatic N) is 1. The van der Waals surface area contributed by atoms with Gasteiger partial charge in [-0.05, 0) is 36.8 Å². The Labute approximate surface area is 102 Å². The third-order valence-electron chi connectivity index (χ3n) is 2.71. The second-order valence-corrected chi connectivity index (χ2v) is 4.06. The molecule has 1 aromatic carbocycles. The van der Waals surface area contributed by atoms with E-state index in [9.17, 15) is 18.3 Å². The molecule has 0 fully saturated rings. The average molecular weight is 253 g/mol. The third kappa shape index (κ3) is 2.22. The number of aliphatic hydroxyl groups is 1. The fourth-order valence-corrected chi connectivity index (χ4v) is 1.61. The van der Waals surface area contributed by atoms with Gasteiger partial charge in [-0.1, -0.05) is 6.07 Å². The summed E-state index contributed by atoms with van der Waals surface area (Å²) in [6.45, 7) is 1.37. The van der Waals surface area contributed by atoms with Crippen molar-refractivity contribution in [3.05, 3.63) is 65.2 Å². The van der Waals surface area contributed by atoms with E-state index in [-0.39, 0.29) is 11.3 Å². The zero-order valence-electron chi connectivity index (χ0n) is 9.49. The van der Waals surface area contributed by atoms with Gasteiger partial charge in [0.2, 0.25) is 0 Å². The van der Waals surface area contributed by atoms with Gasteiger partial charge in [-0.2, -0.15) is 0 Å². The Hall–Kier alpha value is -1.88. The van der Waals surface area contributed by atoms with Crippen molar-refractivity contribution >= 4 is 0 Å². The fraction of sp³-hybridized carbons (Fsp3) is 0.154. The van der Waals surface area contributed by atoms with Crippen molar-refractivity contribution in [1.82, 2.24) is 4.98 Å². The third-order valence-corrected chi connectivity index (χ3v) is 2.71. The zero-order chi connectivity index (χ0) is 13.3. The summed E-state index contributed by atoms with van der Waals surface area (Å²) in [7, 11) is 0. The topological polar surface area (TPSA) is 33.1 Å². The molecule has 0 amide bonds. The lowest BCUT2D eigenvalue weighted by molar-refractivity contribution is 0.0967. The van der Waals surface area contributed by atoms with Gasteiger partial charge in [-0.15, -0.1) is 0 Å². The van der Waals surface area contributed by atoms with Gasteiger partial charge in [0, 0.05) is 0 Å². The smallest absolute Gasteiger partial charge is 0.159 e. The first-order valence-electron chi connectivity index (χ1n) is 5.21. The molecule has 0 aliphatic rings. The van der Waals surface area contributed by atoms with E-state index < -0.39 is 23.1 Å². The van der Waals surface area contributed by atoms with Crippen LogP contribution in [0.4, 0.5) is 13.2 Å². The Morgan fingerprint density at radius 2 is 1.78 bits per heavy atom. The minimum Gasteiger partial charge on any atom is -0.379 e. The lowest BCUT2D eigenvalue weighted by Gasteiger charge is -2.23. The molecule has 2 nitrogen and oxygen atoms in total. The van der Waals surface area contributed by atoms with E-state index in [1.807, 2.05) is 0 Å². The van der Waals surface area contributed by atoms with Crippen molar-refractivity contribution in [2.45, 2.75) is 12.5 Å². The Morgan fingerprint density at radius 1 is 1.06 bits per heavy atom. The fourth-order valence-electron chi connectivity index (χ4n) is 1.61. The van der Waals surface area contributed by atoms with Crippen LogP contribution >= 0.6 is 0 Å². The summed E-state index contributed by atoms with van der Waals surface area (Å²) >= 11 is 0. The van der Waals surface area contributed by atoms with Crippen LogP contribution in [0.15, 0.2) is 36.5 Å². The van der Waals surface area contributed by atoms with Crippen molar-refractivity contribution in [3.8, 4) is 0 Å². The molecule has 0 aliphatic carbocycles. The minimum atomic E-state index is -1.62. The van der Waals surface area contributed by atoms with Gasteiger partial charge in [0.05, 0.1) is 11.9 Å². The molecule has 1 heterocycles. The van der Waals surface area contributed by atoms with Crippen LogP contribution in [-0.2, 0) is 5.60 Å². The molecule has 1 atom stereocenters. The summed E-state index contributed by atoms with van der Waals surface area (Å²) < 4.78 is 38.7. The lowest BCUT2D eigenvalue weighted by Crippen LogP contribution is -2.24. The van der Waals surface area contributed by atoms with Crippen LogP contribution in [0.5, 0.6) is 0 Å². The number of rotatable bonds is 2. The van der Waals surface area contributed by atoms with Gasteiger partial charge >= 0.3 is 0 Å². The van der Waals surface area contributed by atoms with Crippen LogP contribution < -0.4 is 0 Å². The molecule has 0 aliphatic heterocycles. The molecule has 2 aromatic rings. The van der Waals surface area contributed by atoms with E-state index in [2.05, 4.69) is 4.98 Å². The van der Waals surface area contributed by atoms with E-state index in [0.29, 0.717) is 0 Å². The quantitative estimate of drug-likeness (QED) is 0.892. The molecular weight excluding hydrogens is 243 g/mol. The van der Waals surface area contributed by atoms with Crippen LogP contribution in [0.3, 0.4) is 0 Å². The molecule has 0 spiro atoms. The maximum absolute atomic E-state index is 13.1. The lowest BCUT2D eigenvalue weighted by atomic mass is 9.92. The number of benzene rings is 1. The Balaban J connectivity index is 2.46. The van der Waals surface area contributed by atoms with Gasteiger partial charge in [0.15, 0.2) is 11.6 Å². The van der Waals surface area contributed by atoms with Gasteiger partial charge in [-0.25, -0.2) is 13.2 Å². The number of hydrogen-bond donors (Lipinski definition) is 1. The predicted octanol–water partition coefficient (Wildman–Crippen LogP) is 2.75. The predicted molar refractivity (Wildman–Crippen MR) is 59.2 cm³/mol. The van der Waals surface area contributed by atoms with E-state index >= 15 is 0 Å². The Bertz CT molecular complexity index is 567. The summed E-state index contributed by atoms with van der Waals surface area (Å²) in [5, 5.41) is 10.3. The highest BCUT2D eigenvalue weighted by Gasteiger charge is 2.28. The summed E-state index contributed by atoms with van der Waals surface area (Å²) in [4.78, 5) is 3.74. The molecule has 0 saturated heterocycles. The van der Waals surface area contributed by atoms with Crippen LogP contribution in [0.25, 0.3) is 0 Å². The minimum absolute atomic E-state index is 0.139. The SMILES string of the molecule is CC(O)(c1ccc(F)c(F)c1)c1ccc(F)cn1. The van der Waals surface area contributed by atoms with Crippen molar-refractivity contribution in [1.29, 1.82) is 0 Å². The molecule has 18 heavy (non-hydrogen) atoms. The molecule has 0 radical (unpaired) electrons. The van der Waals surface area contributed by atoms with E-state index in [1.165, 1.54) is 19.1 Å². The first-order valence-corrected chi connectivity index (χ1v) is 5.21. The molecule has 2 rings (SSSR count). The van der Waals surface area contributed by atoms with E-state index in [0.717, 1.165) is 24.4 Å². The van der Waals surface area contributed by atoms with Crippen molar-refractivity contribution in [2.75, 3.05) is 0 Å². The van der Waals surface area contributed by atoms with Crippen molar-refractivity contribution in [2.24, 2.45) is 0 Å². The molecule has 5 heteroatoms. The van der Waals surface area contributed by atoms with Crippen molar-refractivity contribution < 1.29 is 18.3 Å². The van der Waals surface area contributed by atoms with Gasteiger partial charge < -0.3 is 5.11 Å². The summed E-state index contributed by atoms with van der Waals surface area (Å²) in [6.07, 6.45) is 0.948. The summed E-state index contributed by atoms with van der Waals surface area (Å²) in [5.41, 5.74) is -1.34. The molecule has 1 aromatic heterocycles. The second-order valence-electron chi connectivity index (χ2n) is 4.06. The molecule has 1 unspecified atom stereocenters. The van der Waals surface area contributed by atoms with Gasteiger partial charge in [-0.3, -0.25) is 4.98 Å². The monoisotopic (exact) mass is 253 g/mol. The second kappa shape index (κ2) is 4.42. The summed E-state index contributed by atoms with van der Waals surface area (Å²) in [5.74, 6) is -2.60. The average Bonchev–Trinajstić information content (AvgIpc) is 2.33. The number of pyridine rings is 1. The molecule has 94 valence electrons. The first kappa shape index (κ1) is 12.6. The number of hydrogen-bond acceptors (Lipinski definition) is 2. The number of aromatic nitrogens is 1. The highest BCUT2D eigenvalue weighted by Crippen LogP contribution is 2.28. The van der Waals surface area contributed by atoms with Gasteiger partial charge in [0.1, 0.15) is 11.4 Å². The van der Waals surface area contributed by atoms with Crippen molar-refractivity contribution in [3.63, 3.8) is 0 Å². The van der Waals surface area contributed by atoms with E-state index in [1.54, 1.807) is 0 Å². The van der Waals surface area contributed by atoms with Crippen LogP contribution in [0.2, 0.25) is 0 Å². The van der Waals surface area contributed by atoms with E-state index in [4.69, 9.17) is 0 Å². The molecule has 0 saturated carbocycles. The van der Waals surface area contributed by atoms with Crippen LogP contribution in [0.1, 0.15) is 18.2 Å². The standard InChI is InChI=1S/C13H10F3NO/c1-13(18,12-5-3-9(14)7-17-12)8-2-4-10(15)11(16)6-8/h2-7,18H,1H3. The maximum Gasteiger partial charge on any atom is 0.159 e. The number of halogens is 3. The van der Waals surface area contributed by atoms with Crippen LogP contribution in [0, 0.1) is 17.5 Å². The summed E-state index contributed by atoms with van der Waals surface area (Å²) in [6, 6.07) is 5.49. The normalized spacial score (nSPS) is 14.3. The molecule has 0 bridgehead atoms. The van der Waals surface area contributed by atoms with Crippen LogP contribution in [-0.4, -0.2) is 10.1 Å². The Morgan fingerprint density at radius 3 is 2.33 bits per heavy atom. The first-order chi connectivity index (χ1) is 8.41. The highest BCUT2D eigenvalue weighted by atomic mass is 19.2. The highest BCUT2D eigenvalue weighted by molar-refractivity contribution is 5.31. The maximum atomic E-state index is 13.1. The molecular formula is C13H10F3NO. The largest absolute Gasteiger partial charge is 0.379 e. The molecule has 1 N–H and O–H groups in total. The van der Waals surface area contributed by atoms with Gasteiger partial charge in [0.25, 0.3) is 0 Å². The zero-order valence-corrected chi connectivity index (χ0v) is 9.49.